The van der Waals surface area contributed by atoms with Crippen molar-refractivity contribution in [2.75, 3.05) is 6.61 Å². The van der Waals surface area contributed by atoms with E-state index in [9.17, 15) is 9.59 Å². The summed E-state index contributed by atoms with van der Waals surface area (Å²) in [6, 6.07) is 16.0. The lowest BCUT2D eigenvalue weighted by Gasteiger charge is -2.26. The van der Waals surface area contributed by atoms with Crippen LogP contribution in [0.15, 0.2) is 48.5 Å². The Morgan fingerprint density at radius 3 is 2.25 bits per heavy atom. The van der Waals surface area contributed by atoms with Gasteiger partial charge in [-0.15, -0.1) is 0 Å². The smallest absolute Gasteiger partial charge is 0.413 e. The Bertz CT molecular complexity index is 924. The number of hydrogen-bond donors (Lipinski definition) is 0. The Labute approximate surface area is 190 Å². The summed E-state index contributed by atoms with van der Waals surface area (Å²) >= 11 is 0. The van der Waals surface area contributed by atoms with Gasteiger partial charge in [0, 0.05) is 12.3 Å². The summed E-state index contributed by atoms with van der Waals surface area (Å²) in [6.07, 6.45) is 3.21. The number of carbonyl (C=O) groups is 2. The van der Waals surface area contributed by atoms with Crippen LogP contribution in [0.25, 0.3) is 11.1 Å². The van der Waals surface area contributed by atoms with Gasteiger partial charge in [0.05, 0.1) is 0 Å². The van der Waals surface area contributed by atoms with E-state index in [0.29, 0.717) is 18.8 Å². The van der Waals surface area contributed by atoms with Crippen molar-refractivity contribution in [3.8, 4) is 11.1 Å². The van der Waals surface area contributed by atoms with Crippen molar-refractivity contribution in [3.63, 3.8) is 0 Å². The summed E-state index contributed by atoms with van der Waals surface area (Å²) in [7, 11) is 0. The molecule has 2 atom stereocenters. The second-order valence-corrected chi connectivity index (χ2v) is 9.21. The largest absolute Gasteiger partial charge is 0.448 e. The lowest BCUT2D eigenvalue weighted by Crippen LogP contribution is -2.43. The highest BCUT2D eigenvalue weighted by Crippen LogP contribution is 2.44. The molecule has 1 aliphatic carbocycles. The predicted octanol–water partition coefficient (Wildman–Crippen LogP) is 6.12. The minimum atomic E-state index is -0.553. The Kier molecular flexibility index (Phi) is 6.83. The van der Waals surface area contributed by atoms with Crippen molar-refractivity contribution in [1.82, 2.24) is 4.90 Å². The van der Waals surface area contributed by atoms with E-state index in [1.54, 1.807) is 0 Å². The normalized spacial score (nSPS) is 19.8. The molecule has 1 amide bonds. The summed E-state index contributed by atoms with van der Waals surface area (Å²) in [4.78, 5) is 27.2. The third-order valence-corrected chi connectivity index (χ3v) is 6.58. The lowest BCUT2D eigenvalue weighted by atomic mass is 9.98. The lowest BCUT2D eigenvalue weighted by molar-refractivity contribution is -0.142. The van der Waals surface area contributed by atoms with Gasteiger partial charge in [-0.05, 0) is 34.6 Å². The molecule has 4 rings (SSSR count). The molecule has 32 heavy (non-hydrogen) atoms. The van der Waals surface area contributed by atoms with Crippen LogP contribution in [-0.2, 0) is 14.3 Å². The number of benzene rings is 2. The van der Waals surface area contributed by atoms with E-state index in [0.717, 1.165) is 19.3 Å². The number of cyclic esters (lactones) is 1. The molecular formula is C27H33NO4. The van der Waals surface area contributed by atoms with Crippen LogP contribution >= 0.6 is 0 Å². The first-order valence-electron chi connectivity index (χ1n) is 11.8. The zero-order valence-corrected chi connectivity index (χ0v) is 19.3. The third-order valence-electron chi connectivity index (χ3n) is 6.58. The fourth-order valence-corrected chi connectivity index (χ4v) is 4.92. The first kappa shape index (κ1) is 22.4. The minimum Gasteiger partial charge on any atom is -0.448 e. The van der Waals surface area contributed by atoms with Crippen LogP contribution in [0.1, 0.15) is 69.9 Å². The number of carbonyl (C=O) groups excluding carboxylic acids is 2. The summed E-state index contributed by atoms with van der Waals surface area (Å²) < 4.78 is 11.3. The summed E-state index contributed by atoms with van der Waals surface area (Å²) in [6.45, 7) is 6.55. The fourth-order valence-electron chi connectivity index (χ4n) is 4.92. The van der Waals surface area contributed by atoms with Crippen molar-refractivity contribution >= 4 is 12.1 Å². The van der Waals surface area contributed by atoms with E-state index < -0.39 is 18.4 Å². The highest BCUT2D eigenvalue weighted by atomic mass is 16.6. The zero-order chi connectivity index (χ0) is 22.7. The first-order chi connectivity index (χ1) is 15.5. The van der Waals surface area contributed by atoms with Crippen LogP contribution in [0.4, 0.5) is 4.79 Å². The van der Waals surface area contributed by atoms with Gasteiger partial charge in [-0.25, -0.2) is 9.59 Å². The van der Waals surface area contributed by atoms with Crippen LogP contribution < -0.4 is 0 Å². The van der Waals surface area contributed by atoms with Crippen molar-refractivity contribution in [2.45, 2.75) is 71.1 Å². The molecule has 1 fully saturated rings. The van der Waals surface area contributed by atoms with Gasteiger partial charge >= 0.3 is 12.1 Å². The molecule has 2 aliphatic rings. The summed E-state index contributed by atoms with van der Waals surface area (Å²) in [5.74, 6) is 0.317. The van der Waals surface area contributed by atoms with E-state index >= 15 is 0 Å². The van der Waals surface area contributed by atoms with Gasteiger partial charge in [0.1, 0.15) is 12.6 Å². The van der Waals surface area contributed by atoms with Gasteiger partial charge < -0.3 is 9.47 Å². The number of fused-ring (bicyclic) bond motifs is 3. The first-order valence-corrected chi connectivity index (χ1v) is 11.8. The van der Waals surface area contributed by atoms with Gasteiger partial charge in [-0.1, -0.05) is 88.6 Å². The average Bonchev–Trinajstić information content (AvgIpc) is 3.29. The Hall–Kier alpha value is -2.82. The molecule has 1 aliphatic heterocycles. The van der Waals surface area contributed by atoms with Crippen molar-refractivity contribution in [2.24, 2.45) is 5.92 Å². The molecule has 0 radical (unpaired) electrons. The SMILES string of the molecule is CCC1OC(=O)[C@H](CCCCC(C)C)N1C(=O)OCC1c2ccccc2-c2ccccc21. The van der Waals surface area contributed by atoms with Crippen LogP contribution in [0, 0.1) is 5.92 Å². The van der Waals surface area contributed by atoms with Crippen molar-refractivity contribution in [1.29, 1.82) is 0 Å². The second-order valence-electron chi connectivity index (χ2n) is 9.21. The molecule has 170 valence electrons. The van der Waals surface area contributed by atoms with Crippen LogP contribution in [-0.4, -0.2) is 35.8 Å². The van der Waals surface area contributed by atoms with E-state index in [1.165, 1.54) is 27.2 Å². The van der Waals surface area contributed by atoms with Gasteiger partial charge in [-0.2, -0.15) is 0 Å². The predicted molar refractivity (Wildman–Crippen MR) is 124 cm³/mol. The quantitative estimate of drug-likeness (QED) is 0.370. The number of hydrogen-bond acceptors (Lipinski definition) is 4. The Morgan fingerprint density at radius 1 is 1.03 bits per heavy atom. The number of esters is 1. The molecule has 2 aromatic rings. The van der Waals surface area contributed by atoms with E-state index in [1.807, 2.05) is 31.2 Å². The maximum Gasteiger partial charge on any atom is 0.413 e. The molecule has 1 saturated heterocycles. The van der Waals surface area contributed by atoms with E-state index in [4.69, 9.17) is 9.47 Å². The third kappa shape index (κ3) is 4.38. The second kappa shape index (κ2) is 9.76. The molecule has 5 nitrogen and oxygen atoms in total. The summed E-state index contributed by atoms with van der Waals surface area (Å²) in [5, 5.41) is 0. The van der Waals surface area contributed by atoms with Gasteiger partial charge in [0.2, 0.25) is 0 Å². The van der Waals surface area contributed by atoms with Crippen molar-refractivity contribution < 1.29 is 19.1 Å². The molecule has 0 aromatic heterocycles. The number of nitrogens with zero attached hydrogens (tertiary/aromatic N) is 1. The maximum absolute atomic E-state index is 13.2. The molecule has 1 unspecified atom stereocenters. The number of amides is 1. The molecule has 5 heteroatoms. The topological polar surface area (TPSA) is 55.8 Å². The number of unbranched alkanes of at least 4 members (excludes halogenated alkanes) is 1. The maximum atomic E-state index is 13.2. The monoisotopic (exact) mass is 435 g/mol. The van der Waals surface area contributed by atoms with Crippen LogP contribution in [0.5, 0.6) is 0 Å². The molecular weight excluding hydrogens is 402 g/mol. The van der Waals surface area contributed by atoms with Gasteiger partial charge in [0.15, 0.2) is 6.23 Å². The number of ether oxygens (including phenoxy) is 2. The highest BCUT2D eigenvalue weighted by Gasteiger charge is 2.45. The van der Waals surface area contributed by atoms with Crippen LogP contribution in [0.2, 0.25) is 0 Å². The molecule has 2 aromatic carbocycles. The van der Waals surface area contributed by atoms with E-state index in [-0.39, 0.29) is 18.5 Å². The van der Waals surface area contributed by atoms with Gasteiger partial charge in [-0.3, -0.25) is 4.90 Å². The molecule has 0 bridgehead atoms. The van der Waals surface area contributed by atoms with E-state index in [2.05, 4.69) is 38.1 Å². The Morgan fingerprint density at radius 2 is 1.66 bits per heavy atom. The molecule has 0 saturated carbocycles. The van der Waals surface area contributed by atoms with Crippen molar-refractivity contribution in [3.05, 3.63) is 59.7 Å². The standard InChI is InChI=1S/C27H33NO4/c1-4-25-28(24(26(29)32-25)16-10-5-11-18(2)3)27(30)31-17-23-21-14-8-6-12-19(21)20-13-7-9-15-22(20)23/h6-9,12-15,18,23-25H,4-5,10-11,16-17H2,1-3H3/t24-,25?/m0/s1. The van der Waals surface area contributed by atoms with Gasteiger partial charge in [0.25, 0.3) is 0 Å². The minimum absolute atomic E-state index is 0.00450. The molecule has 0 spiro atoms. The Balaban J connectivity index is 1.45. The summed E-state index contributed by atoms with van der Waals surface area (Å²) in [5.41, 5.74) is 4.73. The fraction of sp³-hybridized carbons (Fsp3) is 0.481. The highest BCUT2D eigenvalue weighted by molar-refractivity contribution is 5.84. The molecule has 1 heterocycles. The van der Waals surface area contributed by atoms with Crippen LogP contribution in [0.3, 0.4) is 0 Å². The molecule has 0 N–H and O–H groups in total. The average molecular weight is 436 g/mol. The number of rotatable bonds is 8. The zero-order valence-electron chi connectivity index (χ0n) is 19.3.